The SMILES string of the molecule is Cc1ccc(S(=O)(=O)N2CC[C@H](O)C2)cc1Br. The van der Waals surface area contributed by atoms with Gasteiger partial charge in [0.2, 0.25) is 10.0 Å². The Balaban J connectivity index is 2.35. The van der Waals surface area contributed by atoms with Crippen molar-refractivity contribution in [2.24, 2.45) is 0 Å². The maximum absolute atomic E-state index is 12.2. The van der Waals surface area contributed by atoms with Crippen LogP contribution in [0.1, 0.15) is 12.0 Å². The van der Waals surface area contributed by atoms with Crippen LogP contribution >= 0.6 is 15.9 Å². The Kier molecular flexibility index (Phi) is 3.58. The summed E-state index contributed by atoms with van der Waals surface area (Å²) in [6, 6.07) is 4.97. The summed E-state index contributed by atoms with van der Waals surface area (Å²) in [6.45, 7) is 2.48. The molecule has 6 heteroatoms. The molecule has 0 aliphatic carbocycles. The number of aliphatic hydroxyl groups excluding tert-OH is 1. The van der Waals surface area contributed by atoms with Crippen LogP contribution in [0.15, 0.2) is 27.6 Å². The molecule has 1 saturated heterocycles. The second kappa shape index (κ2) is 4.68. The van der Waals surface area contributed by atoms with Gasteiger partial charge in [0.15, 0.2) is 0 Å². The molecule has 1 atom stereocenters. The van der Waals surface area contributed by atoms with Gasteiger partial charge in [-0.1, -0.05) is 22.0 Å². The molecule has 2 rings (SSSR count). The number of β-amino-alcohol motifs (C(OH)–C–C–N with tert-alkyl or cyclic N) is 1. The van der Waals surface area contributed by atoms with Crippen LogP contribution in [0.5, 0.6) is 0 Å². The van der Waals surface area contributed by atoms with Gasteiger partial charge in [0.05, 0.1) is 11.0 Å². The molecule has 0 bridgehead atoms. The Morgan fingerprint density at radius 1 is 1.47 bits per heavy atom. The van der Waals surface area contributed by atoms with E-state index in [-0.39, 0.29) is 11.4 Å². The Bertz CT molecular complexity index is 530. The van der Waals surface area contributed by atoms with Crippen molar-refractivity contribution in [2.45, 2.75) is 24.3 Å². The molecule has 1 N–H and O–H groups in total. The first-order valence-electron chi connectivity index (χ1n) is 5.35. The van der Waals surface area contributed by atoms with Crippen LogP contribution in [-0.2, 0) is 10.0 Å². The van der Waals surface area contributed by atoms with Crippen molar-refractivity contribution in [1.29, 1.82) is 0 Å². The van der Waals surface area contributed by atoms with Crippen molar-refractivity contribution in [3.8, 4) is 0 Å². The molecule has 1 aliphatic rings. The highest BCUT2D eigenvalue weighted by atomic mass is 79.9. The van der Waals surface area contributed by atoms with E-state index in [1.54, 1.807) is 18.2 Å². The molecule has 0 spiro atoms. The topological polar surface area (TPSA) is 57.6 Å². The summed E-state index contributed by atoms with van der Waals surface area (Å²) in [5, 5.41) is 9.39. The Hall–Kier alpha value is -0.430. The Morgan fingerprint density at radius 3 is 2.71 bits per heavy atom. The van der Waals surface area contributed by atoms with E-state index in [2.05, 4.69) is 15.9 Å². The highest BCUT2D eigenvalue weighted by Crippen LogP contribution is 2.25. The van der Waals surface area contributed by atoms with Crippen molar-refractivity contribution in [2.75, 3.05) is 13.1 Å². The monoisotopic (exact) mass is 319 g/mol. The molecule has 1 fully saturated rings. The van der Waals surface area contributed by atoms with Crippen LogP contribution in [-0.4, -0.2) is 37.0 Å². The van der Waals surface area contributed by atoms with Gasteiger partial charge in [-0.25, -0.2) is 8.42 Å². The van der Waals surface area contributed by atoms with Crippen LogP contribution in [0.2, 0.25) is 0 Å². The third kappa shape index (κ3) is 2.54. The predicted octanol–water partition coefficient (Wildman–Crippen LogP) is 1.51. The lowest BCUT2D eigenvalue weighted by Crippen LogP contribution is -2.29. The minimum atomic E-state index is -3.47. The highest BCUT2D eigenvalue weighted by Gasteiger charge is 2.31. The van der Waals surface area contributed by atoms with E-state index in [4.69, 9.17) is 0 Å². The Morgan fingerprint density at radius 2 is 2.18 bits per heavy atom. The van der Waals surface area contributed by atoms with Crippen molar-refractivity contribution < 1.29 is 13.5 Å². The standard InChI is InChI=1S/C11H14BrNO3S/c1-8-2-3-10(6-11(8)12)17(15,16)13-5-4-9(14)7-13/h2-3,6,9,14H,4-5,7H2,1H3/t9-/m0/s1. The third-order valence-electron chi connectivity index (χ3n) is 2.91. The van der Waals surface area contributed by atoms with Crippen molar-refractivity contribution in [1.82, 2.24) is 4.31 Å². The van der Waals surface area contributed by atoms with E-state index in [1.807, 2.05) is 6.92 Å². The summed E-state index contributed by atoms with van der Waals surface area (Å²) < 4.78 is 26.6. The van der Waals surface area contributed by atoms with Crippen molar-refractivity contribution in [3.63, 3.8) is 0 Å². The first-order chi connectivity index (χ1) is 7.91. The number of sulfonamides is 1. The van der Waals surface area contributed by atoms with Gasteiger partial charge >= 0.3 is 0 Å². The van der Waals surface area contributed by atoms with Gasteiger partial charge in [-0.2, -0.15) is 4.31 Å². The molecule has 17 heavy (non-hydrogen) atoms. The molecule has 1 aromatic carbocycles. The number of aryl methyl sites for hydroxylation is 1. The van der Waals surface area contributed by atoms with Gasteiger partial charge in [0.25, 0.3) is 0 Å². The Labute approximate surface area is 109 Å². The van der Waals surface area contributed by atoms with E-state index in [0.29, 0.717) is 13.0 Å². The lowest BCUT2D eigenvalue weighted by Gasteiger charge is -2.16. The molecule has 1 heterocycles. The number of benzene rings is 1. The molecule has 4 nitrogen and oxygen atoms in total. The predicted molar refractivity (Wildman–Crippen MR) is 68.3 cm³/mol. The number of hydrogen-bond acceptors (Lipinski definition) is 3. The van der Waals surface area contributed by atoms with Gasteiger partial charge < -0.3 is 5.11 Å². The van der Waals surface area contributed by atoms with Crippen molar-refractivity contribution >= 4 is 26.0 Å². The van der Waals surface area contributed by atoms with Crippen molar-refractivity contribution in [3.05, 3.63) is 28.2 Å². The van der Waals surface area contributed by atoms with Crippen LogP contribution in [0.4, 0.5) is 0 Å². The average Bonchev–Trinajstić information content (AvgIpc) is 2.69. The summed E-state index contributed by atoms with van der Waals surface area (Å²) in [4.78, 5) is 0.268. The molecule has 1 aromatic rings. The lowest BCUT2D eigenvalue weighted by molar-refractivity contribution is 0.189. The van der Waals surface area contributed by atoms with Gasteiger partial charge in [0.1, 0.15) is 0 Å². The zero-order valence-electron chi connectivity index (χ0n) is 9.43. The van der Waals surface area contributed by atoms with Crippen LogP contribution in [0.25, 0.3) is 0 Å². The first kappa shape index (κ1) is 13.0. The minimum Gasteiger partial charge on any atom is -0.392 e. The van der Waals surface area contributed by atoms with E-state index < -0.39 is 16.1 Å². The third-order valence-corrected chi connectivity index (χ3v) is 5.62. The van der Waals surface area contributed by atoms with Gasteiger partial charge in [-0.15, -0.1) is 0 Å². The quantitative estimate of drug-likeness (QED) is 0.899. The highest BCUT2D eigenvalue weighted by molar-refractivity contribution is 9.10. The molecule has 0 aromatic heterocycles. The number of aliphatic hydroxyl groups is 1. The van der Waals surface area contributed by atoms with E-state index in [1.165, 1.54) is 4.31 Å². The maximum Gasteiger partial charge on any atom is 0.243 e. The zero-order valence-corrected chi connectivity index (χ0v) is 11.8. The van der Waals surface area contributed by atoms with Gasteiger partial charge in [-0.3, -0.25) is 0 Å². The minimum absolute atomic E-state index is 0.188. The van der Waals surface area contributed by atoms with Crippen LogP contribution in [0.3, 0.4) is 0 Å². The van der Waals surface area contributed by atoms with Crippen LogP contribution < -0.4 is 0 Å². The fraction of sp³-hybridized carbons (Fsp3) is 0.455. The summed E-state index contributed by atoms with van der Waals surface area (Å²) in [5.74, 6) is 0. The lowest BCUT2D eigenvalue weighted by atomic mass is 10.2. The van der Waals surface area contributed by atoms with Gasteiger partial charge in [-0.05, 0) is 31.0 Å². The number of hydrogen-bond donors (Lipinski definition) is 1. The number of rotatable bonds is 2. The van der Waals surface area contributed by atoms with Crippen LogP contribution in [0, 0.1) is 6.92 Å². The smallest absolute Gasteiger partial charge is 0.243 e. The largest absolute Gasteiger partial charge is 0.392 e. The summed E-state index contributed by atoms with van der Waals surface area (Å²) in [6.07, 6.45) is -0.0367. The number of nitrogens with zero attached hydrogens (tertiary/aromatic N) is 1. The molecule has 0 unspecified atom stereocenters. The zero-order chi connectivity index (χ0) is 12.6. The normalized spacial score (nSPS) is 21.9. The summed E-state index contributed by atoms with van der Waals surface area (Å²) in [5.41, 5.74) is 0.991. The molecule has 0 saturated carbocycles. The maximum atomic E-state index is 12.2. The molecule has 94 valence electrons. The second-order valence-electron chi connectivity index (χ2n) is 4.22. The fourth-order valence-electron chi connectivity index (χ4n) is 1.81. The van der Waals surface area contributed by atoms with Gasteiger partial charge in [0, 0.05) is 17.6 Å². The first-order valence-corrected chi connectivity index (χ1v) is 7.59. The molecule has 0 radical (unpaired) electrons. The molecule has 1 aliphatic heterocycles. The van der Waals surface area contributed by atoms with E-state index >= 15 is 0 Å². The molecule has 0 amide bonds. The molecular formula is C11H14BrNO3S. The summed E-state index contributed by atoms with van der Waals surface area (Å²) >= 11 is 3.33. The average molecular weight is 320 g/mol. The number of halogens is 1. The fourth-order valence-corrected chi connectivity index (χ4v) is 3.86. The second-order valence-corrected chi connectivity index (χ2v) is 7.01. The molecular weight excluding hydrogens is 306 g/mol. The van der Waals surface area contributed by atoms with E-state index in [0.717, 1.165) is 10.0 Å². The summed E-state index contributed by atoms with van der Waals surface area (Å²) in [7, 11) is -3.47. The van der Waals surface area contributed by atoms with E-state index in [9.17, 15) is 13.5 Å².